The van der Waals surface area contributed by atoms with Gasteiger partial charge in [-0.25, -0.2) is 9.37 Å². The molecule has 0 radical (unpaired) electrons. The Labute approximate surface area is 125 Å². The highest BCUT2D eigenvalue weighted by Gasteiger charge is 2.15. The Morgan fingerprint density at radius 2 is 1.90 bits per heavy atom. The van der Waals surface area contributed by atoms with Crippen molar-refractivity contribution in [2.45, 2.75) is 13.8 Å². The summed E-state index contributed by atoms with van der Waals surface area (Å²) < 4.78 is 13.2. The Hall–Kier alpha value is -1.65. The Kier molecular flexibility index (Phi) is 4.26. The molecule has 0 aliphatic heterocycles. The third kappa shape index (κ3) is 3.08. The molecule has 0 bridgehead atoms. The molecular weight excluding hydrogens is 302 g/mol. The van der Waals surface area contributed by atoms with Crippen LogP contribution in [0.15, 0.2) is 24.3 Å². The first-order chi connectivity index (χ1) is 9.38. The molecule has 1 aromatic heterocycles. The van der Waals surface area contributed by atoms with Gasteiger partial charge >= 0.3 is 0 Å². The van der Waals surface area contributed by atoms with Crippen LogP contribution in [0.2, 0.25) is 10.3 Å². The fourth-order valence-corrected chi connectivity index (χ4v) is 2.34. The van der Waals surface area contributed by atoms with E-state index >= 15 is 0 Å². The smallest absolute Gasteiger partial charge is 0.256 e. The molecule has 2 rings (SSSR count). The lowest BCUT2D eigenvalue weighted by molar-refractivity contribution is 0.102. The van der Waals surface area contributed by atoms with E-state index in [0.29, 0.717) is 16.8 Å². The minimum Gasteiger partial charge on any atom is -0.319 e. The van der Waals surface area contributed by atoms with E-state index in [-0.39, 0.29) is 15.9 Å². The summed E-state index contributed by atoms with van der Waals surface area (Å²) in [7, 11) is 0. The zero-order valence-electron chi connectivity index (χ0n) is 10.8. The lowest BCUT2D eigenvalue weighted by atomic mass is 10.1. The van der Waals surface area contributed by atoms with Crippen molar-refractivity contribution in [1.82, 2.24) is 4.98 Å². The highest BCUT2D eigenvalue weighted by Crippen LogP contribution is 2.27. The number of anilines is 1. The molecule has 1 heterocycles. The third-order valence-electron chi connectivity index (χ3n) is 2.82. The number of aromatic nitrogens is 1. The first kappa shape index (κ1) is 14.8. The molecule has 0 saturated heterocycles. The van der Waals surface area contributed by atoms with Crippen molar-refractivity contribution in [1.29, 1.82) is 0 Å². The molecule has 1 aromatic carbocycles. The van der Waals surface area contributed by atoms with Gasteiger partial charge in [-0.1, -0.05) is 29.3 Å². The molecule has 2 aromatic rings. The number of hydrogen-bond donors (Lipinski definition) is 1. The van der Waals surface area contributed by atoms with E-state index in [1.807, 2.05) is 0 Å². The van der Waals surface area contributed by atoms with Gasteiger partial charge < -0.3 is 5.32 Å². The summed E-state index contributed by atoms with van der Waals surface area (Å²) in [6.45, 7) is 3.47. The van der Waals surface area contributed by atoms with Crippen molar-refractivity contribution in [3.63, 3.8) is 0 Å². The maximum absolute atomic E-state index is 13.2. The summed E-state index contributed by atoms with van der Waals surface area (Å²) in [5.41, 5.74) is 1.96. The minimum atomic E-state index is -0.474. The number of carbonyl (C=O) groups excluding carboxylic acids is 1. The van der Waals surface area contributed by atoms with E-state index in [1.165, 1.54) is 12.1 Å². The van der Waals surface area contributed by atoms with Gasteiger partial charge in [-0.2, -0.15) is 0 Å². The molecular formula is C14H11Cl2FN2O. The fourth-order valence-electron chi connectivity index (χ4n) is 1.77. The summed E-state index contributed by atoms with van der Waals surface area (Å²) in [6, 6.07) is 5.60. The summed E-state index contributed by atoms with van der Waals surface area (Å²) in [6.07, 6.45) is 0. The van der Waals surface area contributed by atoms with E-state index < -0.39 is 11.7 Å². The van der Waals surface area contributed by atoms with Gasteiger partial charge in [0.2, 0.25) is 0 Å². The zero-order chi connectivity index (χ0) is 14.9. The number of pyridine rings is 1. The Morgan fingerprint density at radius 1 is 1.20 bits per heavy atom. The van der Waals surface area contributed by atoms with Crippen LogP contribution >= 0.6 is 23.2 Å². The molecule has 104 valence electrons. The summed E-state index contributed by atoms with van der Waals surface area (Å²) in [4.78, 5) is 16.0. The van der Waals surface area contributed by atoms with Crippen LogP contribution < -0.4 is 5.32 Å². The second kappa shape index (κ2) is 5.77. The third-order valence-corrected chi connectivity index (χ3v) is 3.29. The van der Waals surface area contributed by atoms with Crippen LogP contribution in [-0.2, 0) is 0 Å². The number of nitrogens with one attached hydrogen (secondary N) is 1. The second-order valence-electron chi connectivity index (χ2n) is 4.34. The molecule has 0 spiro atoms. The molecule has 0 saturated carbocycles. The molecule has 0 unspecified atom stereocenters. The standard InChI is InChI=1S/C14H11Cl2FN2O/c1-7-3-4-9(17)6-10(7)14(20)19-12-8(2)5-11(15)18-13(12)16/h3-6H,1-2H3,(H,19,20). The largest absolute Gasteiger partial charge is 0.319 e. The number of halogens is 3. The first-order valence-corrected chi connectivity index (χ1v) is 6.54. The maximum Gasteiger partial charge on any atom is 0.256 e. The number of hydrogen-bond acceptors (Lipinski definition) is 2. The van der Waals surface area contributed by atoms with Crippen molar-refractivity contribution in [3.05, 3.63) is 57.1 Å². The average molecular weight is 313 g/mol. The second-order valence-corrected chi connectivity index (χ2v) is 5.09. The van der Waals surface area contributed by atoms with E-state index in [9.17, 15) is 9.18 Å². The normalized spacial score (nSPS) is 10.4. The average Bonchev–Trinajstić information content (AvgIpc) is 2.36. The predicted octanol–water partition coefficient (Wildman–Crippen LogP) is 4.40. The number of aryl methyl sites for hydroxylation is 2. The van der Waals surface area contributed by atoms with Crippen LogP contribution in [0.1, 0.15) is 21.5 Å². The molecule has 0 fully saturated rings. The van der Waals surface area contributed by atoms with E-state index in [0.717, 1.165) is 0 Å². The summed E-state index contributed by atoms with van der Waals surface area (Å²) in [5.74, 6) is -0.922. The van der Waals surface area contributed by atoms with E-state index in [4.69, 9.17) is 23.2 Å². The molecule has 1 amide bonds. The fraction of sp³-hybridized carbons (Fsp3) is 0.143. The van der Waals surface area contributed by atoms with Crippen molar-refractivity contribution in [2.75, 3.05) is 5.32 Å². The number of amides is 1. The van der Waals surface area contributed by atoms with E-state index in [2.05, 4.69) is 10.3 Å². The van der Waals surface area contributed by atoms with Crippen LogP contribution in [-0.4, -0.2) is 10.9 Å². The zero-order valence-corrected chi connectivity index (χ0v) is 12.3. The number of nitrogens with zero attached hydrogens (tertiary/aromatic N) is 1. The topological polar surface area (TPSA) is 42.0 Å². The van der Waals surface area contributed by atoms with Crippen LogP contribution in [0.25, 0.3) is 0 Å². The number of benzene rings is 1. The van der Waals surface area contributed by atoms with Crippen LogP contribution in [0.3, 0.4) is 0 Å². The number of rotatable bonds is 2. The SMILES string of the molecule is Cc1ccc(F)cc1C(=O)Nc1c(C)cc(Cl)nc1Cl. The lowest BCUT2D eigenvalue weighted by Gasteiger charge is -2.11. The molecule has 20 heavy (non-hydrogen) atoms. The molecule has 0 aliphatic carbocycles. The lowest BCUT2D eigenvalue weighted by Crippen LogP contribution is -2.15. The highest BCUT2D eigenvalue weighted by atomic mass is 35.5. The summed E-state index contributed by atoms with van der Waals surface area (Å²) >= 11 is 11.7. The maximum atomic E-state index is 13.2. The van der Waals surface area contributed by atoms with Crippen molar-refractivity contribution in [3.8, 4) is 0 Å². The minimum absolute atomic E-state index is 0.0948. The molecule has 0 aliphatic rings. The Balaban J connectivity index is 2.35. The molecule has 3 nitrogen and oxygen atoms in total. The molecule has 0 atom stereocenters. The Morgan fingerprint density at radius 3 is 2.55 bits per heavy atom. The van der Waals surface area contributed by atoms with Gasteiger partial charge in [0.15, 0.2) is 5.15 Å². The predicted molar refractivity (Wildman–Crippen MR) is 78.1 cm³/mol. The summed E-state index contributed by atoms with van der Waals surface area (Å²) in [5, 5.41) is 2.97. The van der Waals surface area contributed by atoms with E-state index in [1.54, 1.807) is 26.0 Å². The van der Waals surface area contributed by atoms with Gasteiger partial charge in [0, 0.05) is 5.56 Å². The first-order valence-electron chi connectivity index (χ1n) is 5.78. The van der Waals surface area contributed by atoms with Gasteiger partial charge in [0.05, 0.1) is 5.69 Å². The molecule has 1 N–H and O–H groups in total. The van der Waals surface area contributed by atoms with Crippen LogP contribution in [0, 0.1) is 19.7 Å². The van der Waals surface area contributed by atoms with Gasteiger partial charge in [0.25, 0.3) is 5.91 Å². The molecule has 6 heteroatoms. The van der Waals surface area contributed by atoms with Gasteiger partial charge in [-0.15, -0.1) is 0 Å². The van der Waals surface area contributed by atoms with Crippen molar-refractivity contribution >= 4 is 34.8 Å². The van der Waals surface area contributed by atoms with Gasteiger partial charge in [-0.3, -0.25) is 4.79 Å². The van der Waals surface area contributed by atoms with Crippen LogP contribution in [0.5, 0.6) is 0 Å². The van der Waals surface area contributed by atoms with Crippen molar-refractivity contribution in [2.24, 2.45) is 0 Å². The Bertz CT molecular complexity index is 666. The van der Waals surface area contributed by atoms with Gasteiger partial charge in [0.1, 0.15) is 11.0 Å². The monoisotopic (exact) mass is 312 g/mol. The van der Waals surface area contributed by atoms with Crippen LogP contribution in [0.4, 0.5) is 10.1 Å². The van der Waals surface area contributed by atoms with Crippen molar-refractivity contribution < 1.29 is 9.18 Å². The number of carbonyl (C=O) groups is 1. The quantitative estimate of drug-likeness (QED) is 0.835. The van der Waals surface area contributed by atoms with Gasteiger partial charge in [-0.05, 0) is 43.2 Å². The highest BCUT2D eigenvalue weighted by molar-refractivity contribution is 6.35.